The normalized spacial score (nSPS) is 13.4. The van der Waals surface area contributed by atoms with E-state index in [0.717, 1.165) is 5.56 Å². The molecule has 0 saturated carbocycles. The van der Waals surface area contributed by atoms with Gasteiger partial charge in [0.15, 0.2) is 0 Å². The van der Waals surface area contributed by atoms with E-state index in [1.165, 1.54) is 0 Å². The molecule has 184 valence electrons. The van der Waals surface area contributed by atoms with Gasteiger partial charge in [0, 0.05) is 6.42 Å². The third kappa shape index (κ3) is 11.7. The monoisotopic (exact) mass is 481 g/mol. The molecule has 33 heavy (non-hydrogen) atoms. The summed E-state index contributed by atoms with van der Waals surface area (Å²) in [6, 6.07) is 6.17. The number of nitrogens with two attached hydrogens (primary N) is 2. The van der Waals surface area contributed by atoms with Crippen molar-refractivity contribution in [1.29, 1.82) is 0 Å². The molecule has 10 nitrogen and oxygen atoms in total. The average Bonchev–Trinajstić information content (AvgIpc) is 2.80. The van der Waals surface area contributed by atoms with Crippen molar-refractivity contribution in [3.8, 4) is 0 Å². The van der Waals surface area contributed by atoms with Gasteiger partial charge in [0.25, 0.3) is 0 Å². The van der Waals surface area contributed by atoms with Crippen LogP contribution in [0.25, 0.3) is 0 Å². The summed E-state index contributed by atoms with van der Waals surface area (Å²) in [5, 5.41) is 16.9. The summed E-state index contributed by atoms with van der Waals surface area (Å²) in [5.74, 6) is -2.08. The maximum atomic E-state index is 12.6. The maximum Gasteiger partial charge on any atom is 0.326 e. The molecule has 3 amide bonds. The molecular formula is C22H35N5O5S. The van der Waals surface area contributed by atoms with E-state index in [2.05, 4.69) is 16.0 Å². The molecule has 0 aliphatic heterocycles. The first kappa shape index (κ1) is 28.4. The number of nitrogens with one attached hydrogen (secondary N) is 3. The van der Waals surface area contributed by atoms with Gasteiger partial charge in [-0.3, -0.25) is 14.4 Å². The molecule has 1 rings (SSSR count). The quantitative estimate of drug-likeness (QED) is 0.173. The molecule has 3 atom stereocenters. The van der Waals surface area contributed by atoms with Crippen LogP contribution in [0.4, 0.5) is 0 Å². The molecular weight excluding hydrogens is 446 g/mol. The smallest absolute Gasteiger partial charge is 0.326 e. The molecule has 0 fully saturated rings. The van der Waals surface area contributed by atoms with Crippen LogP contribution >= 0.6 is 11.8 Å². The van der Waals surface area contributed by atoms with Crippen molar-refractivity contribution in [2.75, 3.05) is 25.1 Å². The molecule has 0 heterocycles. The van der Waals surface area contributed by atoms with Gasteiger partial charge in [0.2, 0.25) is 17.7 Å². The topological polar surface area (TPSA) is 177 Å². The second-order valence-corrected chi connectivity index (χ2v) is 8.59. The Morgan fingerprint density at radius 2 is 1.70 bits per heavy atom. The Labute approximate surface area is 198 Å². The van der Waals surface area contributed by atoms with Crippen molar-refractivity contribution < 1.29 is 24.3 Å². The lowest BCUT2D eigenvalue weighted by Crippen LogP contribution is -2.53. The van der Waals surface area contributed by atoms with Crippen LogP contribution in [-0.2, 0) is 25.6 Å². The minimum atomic E-state index is -1.18. The van der Waals surface area contributed by atoms with Crippen LogP contribution in [0.2, 0.25) is 0 Å². The first-order chi connectivity index (χ1) is 15.8. The second-order valence-electron chi connectivity index (χ2n) is 7.60. The van der Waals surface area contributed by atoms with Crippen molar-refractivity contribution in [2.45, 2.75) is 50.2 Å². The van der Waals surface area contributed by atoms with Gasteiger partial charge >= 0.3 is 5.97 Å². The number of carbonyl (C=O) groups excluding carboxylic acids is 3. The zero-order valence-electron chi connectivity index (χ0n) is 18.9. The highest BCUT2D eigenvalue weighted by Crippen LogP contribution is 2.05. The fourth-order valence-electron chi connectivity index (χ4n) is 3.00. The molecule has 0 radical (unpaired) electrons. The van der Waals surface area contributed by atoms with Gasteiger partial charge in [-0.15, -0.1) is 0 Å². The molecule has 0 aliphatic rings. The predicted molar refractivity (Wildman–Crippen MR) is 129 cm³/mol. The van der Waals surface area contributed by atoms with Crippen molar-refractivity contribution in [2.24, 2.45) is 11.5 Å². The number of amides is 3. The fourth-order valence-corrected chi connectivity index (χ4v) is 3.49. The lowest BCUT2D eigenvalue weighted by Gasteiger charge is -2.21. The van der Waals surface area contributed by atoms with E-state index >= 15 is 0 Å². The van der Waals surface area contributed by atoms with Crippen molar-refractivity contribution in [3.63, 3.8) is 0 Å². The number of hydrogen-bond donors (Lipinski definition) is 6. The standard InChI is InChI=1S/C22H35N5O5S/c1-33-12-10-16(24)20(29)27-17(9-5-6-11-23)21(30)25-14-19(28)26-18(22(31)32)13-15-7-3-2-4-8-15/h2-4,7-8,16-18H,5-6,9-14,23-24H2,1H3,(H,25,30)(H,26,28)(H,27,29)(H,31,32). The third-order valence-corrected chi connectivity index (χ3v) is 5.53. The third-order valence-electron chi connectivity index (χ3n) is 4.89. The minimum absolute atomic E-state index is 0.113. The van der Waals surface area contributed by atoms with Gasteiger partial charge in [-0.05, 0) is 49.8 Å². The largest absolute Gasteiger partial charge is 0.480 e. The fraction of sp³-hybridized carbons (Fsp3) is 0.545. The summed E-state index contributed by atoms with van der Waals surface area (Å²) >= 11 is 1.57. The van der Waals surface area contributed by atoms with Gasteiger partial charge in [0.1, 0.15) is 12.1 Å². The highest BCUT2D eigenvalue weighted by Gasteiger charge is 2.25. The van der Waals surface area contributed by atoms with Crippen LogP contribution in [0.1, 0.15) is 31.2 Å². The number of thioether (sulfide) groups is 1. The van der Waals surface area contributed by atoms with Crippen LogP contribution in [-0.4, -0.2) is 72.0 Å². The van der Waals surface area contributed by atoms with Crippen LogP contribution in [0.5, 0.6) is 0 Å². The Morgan fingerprint density at radius 1 is 1.00 bits per heavy atom. The molecule has 0 bridgehead atoms. The summed E-state index contributed by atoms with van der Waals surface area (Å²) in [7, 11) is 0. The number of carbonyl (C=O) groups is 4. The van der Waals surface area contributed by atoms with Crippen molar-refractivity contribution >= 4 is 35.5 Å². The Morgan fingerprint density at radius 3 is 2.30 bits per heavy atom. The number of aliphatic carboxylic acids is 1. The number of benzene rings is 1. The summed E-state index contributed by atoms with van der Waals surface area (Å²) in [5.41, 5.74) is 12.1. The molecule has 11 heteroatoms. The van der Waals surface area contributed by atoms with E-state index < -0.39 is 48.4 Å². The van der Waals surface area contributed by atoms with Crippen LogP contribution in [0.15, 0.2) is 30.3 Å². The van der Waals surface area contributed by atoms with Gasteiger partial charge in [-0.1, -0.05) is 30.3 Å². The first-order valence-corrected chi connectivity index (χ1v) is 12.3. The van der Waals surface area contributed by atoms with Crippen molar-refractivity contribution in [1.82, 2.24) is 16.0 Å². The Balaban J connectivity index is 2.64. The summed E-state index contributed by atoms with van der Waals surface area (Å²) in [4.78, 5) is 48.7. The molecule has 0 spiro atoms. The lowest BCUT2D eigenvalue weighted by molar-refractivity contribution is -0.141. The second kappa shape index (κ2) is 16.1. The maximum absolute atomic E-state index is 12.6. The Bertz CT molecular complexity index is 765. The van der Waals surface area contributed by atoms with E-state index in [9.17, 15) is 24.3 Å². The number of rotatable bonds is 16. The summed E-state index contributed by atoms with van der Waals surface area (Å²) in [6.45, 7) is 0.0368. The molecule has 8 N–H and O–H groups in total. The average molecular weight is 482 g/mol. The SMILES string of the molecule is CSCCC(N)C(=O)NC(CCCCN)C(=O)NCC(=O)NC(Cc1ccccc1)C(=O)O. The van der Waals surface area contributed by atoms with Crippen molar-refractivity contribution in [3.05, 3.63) is 35.9 Å². The Hall–Kier alpha value is -2.63. The first-order valence-electron chi connectivity index (χ1n) is 10.9. The molecule has 1 aromatic carbocycles. The molecule has 0 saturated heterocycles. The molecule has 0 aliphatic carbocycles. The van der Waals surface area contributed by atoms with Crippen LogP contribution in [0, 0.1) is 0 Å². The van der Waals surface area contributed by atoms with Gasteiger partial charge in [-0.2, -0.15) is 11.8 Å². The van der Waals surface area contributed by atoms with E-state index in [4.69, 9.17) is 11.5 Å². The van der Waals surface area contributed by atoms with Gasteiger partial charge < -0.3 is 32.5 Å². The van der Waals surface area contributed by atoms with E-state index in [-0.39, 0.29) is 6.42 Å². The number of carboxylic acids is 1. The van der Waals surface area contributed by atoms with E-state index in [0.29, 0.717) is 38.0 Å². The van der Waals surface area contributed by atoms with Crippen LogP contribution < -0.4 is 27.4 Å². The molecule has 0 aromatic heterocycles. The predicted octanol–water partition coefficient (Wildman–Crippen LogP) is -0.391. The number of unbranched alkanes of at least 4 members (excludes halogenated alkanes) is 1. The van der Waals surface area contributed by atoms with E-state index in [1.807, 2.05) is 12.3 Å². The zero-order chi connectivity index (χ0) is 24.6. The lowest BCUT2D eigenvalue weighted by atomic mass is 10.1. The molecule has 3 unspecified atom stereocenters. The van der Waals surface area contributed by atoms with Gasteiger partial charge in [0.05, 0.1) is 12.6 Å². The highest BCUT2D eigenvalue weighted by atomic mass is 32.2. The van der Waals surface area contributed by atoms with E-state index in [1.54, 1.807) is 36.0 Å². The summed E-state index contributed by atoms with van der Waals surface area (Å²) in [6.07, 6.45) is 4.13. The highest BCUT2D eigenvalue weighted by molar-refractivity contribution is 7.98. The minimum Gasteiger partial charge on any atom is -0.480 e. The zero-order valence-corrected chi connectivity index (χ0v) is 19.7. The number of hydrogen-bond acceptors (Lipinski definition) is 7. The summed E-state index contributed by atoms with van der Waals surface area (Å²) < 4.78 is 0. The van der Waals surface area contributed by atoms with Gasteiger partial charge in [-0.25, -0.2) is 4.79 Å². The Kier molecular flexibility index (Phi) is 13.8. The number of carboxylic acid groups (broad SMARTS) is 1. The molecule has 1 aromatic rings. The van der Waals surface area contributed by atoms with Crippen LogP contribution in [0.3, 0.4) is 0 Å².